The Hall–Kier alpha value is -3.27. The number of halogens is 2. The third-order valence-corrected chi connectivity index (χ3v) is 5.68. The van der Waals surface area contributed by atoms with Crippen molar-refractivity contribution in [3.63, 3.8) is 0 Å². The summed E-state index contributed by atoms with van der Waals surface area (Å²) in [5.74, 6) is -0.637. The molecule has 150 valence electrons. The normalized spacial score (nSPS) is 15.3. The number of hydrogen-bond acceptors (Lipinski definition) is 5. The summed E-state index contributed by atoms with van der Waals surface area (Å²) >= 11 is 12.9. The predicted octanol–water partition coefficient (Wildman–Crippen LogP) is 4.13. The van der Waals surface area contributed by atoms with Crippen LogP contribution in [0.25, 0.3) is 0 Å². The number of aryl methyl sites for hydroxylation is 1. The molecule has 0 amide bonds. The van der Waals surface area contributed by atoms with Crippen LogP contribution in [-0.4, -0.2) is 9.55 Å². The molecule has 0 unspecified atom stereocenters. The molecule has 1 aliphatic heterocycles. The molecule has 0 saturated heterocycles. The molecule has 3 aromatic rings. The van der Waals surface area contributed by atoms with Gasteiger partial charge in [-0.2, -0.15) is 5.26 Å². The Morgan fingerprint density at radius 2 is 1.93 bits per heavy atom. The fourth-order valence-electron chi connectivity index (χ4n) is 3.61. The van der Waals surface area contributed by atoms with Gasteiger partial charge < -0.3 is 15.0 Å². The Bertz CT molecular complexity index is 1260. The lowest BCUT2D eigenvalue weighted by molar-refractivity contribution is 0.389. The number of aromatic nitrogens is 2. The number of allylic oxidation sites excluding steroid dienone is 1. The van der Waals surface area contributed by atoms with E-state index in [-0.39, 0.29) is 34.9 Å². The van der Waals surface area contributed by atoms with Gasteiger partial charge in [0.2, 0.25) is 5.88 Å². The van der Waals surface area contributed by atoms with Gasteiger partial charge in [0, 0.05) is 33.6 Å². The molecule has 0 spiro atoms. The van der Waals surface area contributed by atoms with E-state index in [0.29, 0.717) is 21.3 Å². The molecule has 2 aromatic heterocycles. The van der Waals surface area contributed by atoms with Crippen LogP contribution < -0.4 is 16.0 Å². The summed E-state index contributed by atoms with van der Waals surface area (Å²) in [5, 5.41) is 10.4. The van der Waals surface area contributed by atoms with E-state index < -0.39 is 5.92 Å². The van der Waals surface area contributed by atoms with Crippen molar-refractivity contribution in [2.24, 2.45) is 5.73 Å². The van der Waals surface area contributed by atoms with Gasteiger partial charge in [0.05, 0.1) is 23.7 Å². The Balaban J connectivity index is 1.99. The molecular formula is C22H16Cl2N4O2. The fraction of sp³-hybridized carbons (Fsp3) is 0.136. The van der Waals surface area contributed by atoms with Crippen LogP contribution in [0, 0.1) is 18.3 Å². The lowest BCUT2D eigenvalue weighted by Gasteiger charge is -2.28. The number of fused-ring (bicyclic) bond motifs is 1. The van der Waals surface area contributed by atoms with Gasteiger partial charge in [-0.1, -0.05) is 35.3 Å². The molecule has 2 N–H and O–H groups in total. The van der Waals surface area contributed by atoms with Gasteiger partial charge in [-0.3, -0.25) is 9.78 Å². The number of nitrogens with two attached hydrogens (primary N) is 1. The summed E-state index contributed by atoms with van der Waals surface area (Å²) in [7, 11) is 0. The fourth-order valence-corrected chi connectivity index (χ4v) is 4.23. The maximum atomic E-state index is 13.6. The Morgan fingerprint density at radius 3 is 2.57 bits per heavy atom. The van der Waals surface area contributed by atoms with Crippen molar-refractivity contribution in [1.29, 1.82) is 5.26 Å². The minimum Gasteiger partial charge on any atom is -0.440 e. The van der Waals surface area contributed by atoms with Gasteiger partial charge >= 0.3 is 0 Å². The molecule has 6 nitrogen and oxygen atoms in total. The number of hydrogen-bond donors (Lipinski definition) is 1. The highest BCUT2D eigenvalue weighted by molar-refractivity contribution is 6.36. The second-order valence-corrected chi connectivity index (χ2v) is 7.65. The van der Waals surface area contributed by atoms with Crippen molar-refractivity contribution in [2.45, 2.75) is 19.4 Å². The lowest BCUT2D eigenvalue weighted by atomic mass is 9.84. The summed E-state index contributed by atoms with van der Waals surface area (Å²) in [5.41, 5.74) is 7.88. The molecule has 0 radical (unpaired) electrons. The van der Waals surface area contributed by atoms with Gasteiger partial charge in [0.1, 0.15) is 17.4 Å². The zero-order valence-electron chi connectivity index (χ0n) is 15.9. The molecule has 0 fully saturated rings. The first-order valence-corrected chi connectivity index (χ1v) is 9.83. The standard InChI is InChI=1S/C22H16Cl2N4O2/c1-12-9-17-20(22(29)28(12)11-13-5-2-3-8-27-13)18(14(10-25)21(26)30-17)19-15(23)6-4-7-16(19)24/h2-9,18H,11,26H2,1H3/t18-/m1/s1. The minimum atomic E-state index is -0.844. The summed E-state index contributed by atoms with van der Waals surface area (Å²) in [6.07, 6.45) is 1.67. The molecule has 0 bridgehead atoms. The van der Waals surface area contributed by atoms with Crippen molar-refractivity contribution < 1.29 is 4.74 Å². The van der Waals surface area contributed by atoms with E-state index in [1.807, 2.05) is 18.2 Å². The Labute approximate surface area is 182 Å². The van der Waals surface area contributed by atoms with Gasteiger partial charge in [-0.15, -0.1) is 0 Å². The van der Waals surface area contributed by atoms with Crippen LogP contribution in [0.5, 0.6) is 5.75 Å². The second-order valence-electron chi connectivity index (χ2n) is 6.84. The molecular weight excluding hydrogens is 423 g/mol. The van der Waals surface area contributed by atoms with Crippen molar-refractivity contribution in [3.8, 4) is 11.8 Å². The quantitative estimate of drug-likeness (QED) is 0.663. The van der Waals surface area contributed by atoms with E-state index in [1.165, 1.54) is 0 Å². The highest BCUT2D eigenvalue weighted by Crippen LogP contribution is 2.45. The van der Waals surface area contributed by atoms with E-state index in [1.54, 1.807) is 42.0 Å². The van der Waals surface area contributed by atoms with Crippen molar-refractivity contribution >= 4 is 23.2 Å². The smallest absolute Gasteiger partial charge is 0.259 e. The van der Waals surface area contributed by atoms with Crippen molar-refractivity contribution in [3.05, 3.63) is 103 Å². The molecule has 30 heavy (non-hydrogen) atoms. The Kier molecular flexibility index (Phi) is 5.25. The van der Waals surface area contributed by atoms with Crippen LogP contribution >= 0.6 is 23.2 Å². The summed E-state index contributed by atoms with van der Waals surface area (Å²) < 4.78 is 7.24. The first kappa shape index (κ1) is 20.0. The monoisotopic (exact) mass is 438 g/mol. The largest absolute Gasteiger partial charge is 0.440 e. The van der Waals surface area contributed by atoms with Crippen molar-refractivity contribution in [1.82, 2.24) is 9.55 Å². The SMILES string of the molecule is Cc1cc2c(c(=O)n1Cc1ccccn1)[C@@H](c1c(Cl)cccc1Cl)C(C#N)=C(N)O2. The number of ether oxygens (including phenoxy) is 1. The lowest BCUT2D eigenvalue weighted by Crippen LogP contribution is -2.33. The summed E-state index contributed by atoms with van der Waals surface area (Å²) in [4.78, 5) is 17.9. The van der Waals surface area contributed by atoms with Crippen LogP contribution in [0.4, 0.5) is 0 Å². The van der Waals surface area contributed by atoms with Crippen LogP contribution in [0.3, 0.4) is 0 Å². The van der Waals surface area contributed by atoms with Crippen molar-refractivity contribution in [2.75, 3.05) is 0 Å². The third-order valence-electron chi connectivity index (χ3n) is 5.02. The first-order valence-electron chi connectivity index (χ1n) is 9.08. The third kappa shape index (κ3) is 3.32. The van der Waals surface area contributed by atoms with E-state index in [4.69, 9.17) is 33.7 Å². The molecule has 0 saturated carbocycles. The highest BCUT2D eigenvalue weighted by Gasteiger charge is 2.36. The van der Waals surface area contributed by atoms with E-state index >= 15 is 0 Å². The number of pyridine rings is 2. The maximum Gasteiger partial charge on any atom is 0.259 e. The van der Waals surface area contributed by atoms with Gasteiger partial charge in [0.25, 0.3) is 5.56 Å². The molecule has 4 rings (SSSR count). The van der Waals surface area contributed by atoms with E-state index in [2.05, 4.69) is 11.1 Å². The molecule has 1 aromatic carbocycles. The summed E-state index contributed by atoms with van der Waals surface area (Å²) in [6, 6.07) is 14.3. The molecule has 0 aliphatic carbocycles. The average molecular weight is 439 g/mol. The second kappa shape index (κ2) is 7.86. The molecule has 1 aliphatic rings. The number of benzene rings is 1. The van der Waals surface area contributed by atoms with Crippen LogP contribution in [0.15, 0.2) is 64.9 Å². The van der Waals surface area contributed by atoms with Crippen LogP contribution in [0.1, 0.15) is 28.4 Å². The number of rotatable bonds is 3. The van der Waals surface area contributed by atoms with E-state index in [9.17, 15) is 10.1 Å². The topological polar surface area (TPSA) is 93.9 Å². The summed E-state index contributed by atoms with van der Waals surface area (Å²) in [6.45, 7) is 2.06. The van der Waals surface area contributed by atoms with Gasteiger partial charge in [-0.05, 0) is 31.2 Å². The van der Waals surface area contributed by atoms with Crippen LogP contribution in [0.2, 0.25) is 10.0 Å². The predicted molar refractivity (Wildman–Crippen MR) is 115 cm³/mol. The first-order chi connectivity index (χ1) is 14.4. The molecule has 3 heterocycles. The van der Waals surface area contributed by atoms with E-state index in [0.717, 1.165) is 5.69 Å². The molecule has 8 heteroatoms. The zero-order chi connectivity index (χ0) is 21.4. The maximum absolute atomic E-state index is 13.6. The highest BCUT2D eigenvalue weighted by atomic mass is 35.5. The van der Waals surface area contributed by atoms with Crippen LogP contribution in [-0.2, 0) is 6.54 Å². The molecule has 1 atom stereocenters. The zero-order valence-corrected chi connectivity index (χ0v) is 17.4. The Morgan fingerprint density at radius 1 is 1.20 bits per heavy atom. The number of nitriles is 1. The van der Waals surface area contributed by atoms with Gasteiger partial charge in [0.15, 0.2) is 0 Å². The van der Waals surface area contributed by atoms with Gasteiger partial charge in [-0.25, -0.2) is 0 Å². The minimum absolute atomic E-state index is 0.0766. The number of nitrogens with zero attached hydrogens (tertiary/aromatic N) is 3. The average Bonchev–Trinajstić information content (AvgIpc) is 2.71.